The lowest BCUT2D eigenvalue weighted by atomic mass is 10.3. The van der Waals surface area contributed by atoms with Gasteiger partial charge < -0.3 is 10.7 Å². The van der Waals surface area contributed by atoms with Gasteiger partial charge >= 0.3 is 0 Å². The summed E-state index contributed by atoms with van der Waals surface area (Å²) in [5.41, 5.74) is 7.09. The first kappa shape index (κ1) is 9.64. The van der Waals surface area contributed by atoms with Gasteiger partial charge in [0, 0.05) is 6.42 Å². The van der Waals surface area contributed by atoms with Crippen LogP contribution in [0.1, 0.15) is 19.2 Å². The minimum Gasteiger partial charge on any atom is -0.382 e. The molecule has 0 atom stereocenters. The smallest absolute Gasteiger partial charge is 0.183 e. The van der Waals surface area contributed by atoms with E-state index in [2.05, 4.69) is 32.9 Å². The van der Waals surface area contributed by atoms with E-state index in [9.17, 15) is 0 Å². The van der Waals surface area contributed by atoms with Crippen molar-refractivity contribution < 1.29 is 0 Å². The number of nitrogen functional groups attached to an aromatic ring is 1. The van der Waals surface area contributed by atoms with Crippen molar-refractivity contribution in [2.75, 3.05) is 5.73 Å². The van der Waals surface area contributed by atoms with E-state index in [1.807, 2.05) is 6.08 Å². The Labute approximate surface area is 87.5 Å². The van der Waals surface area contributed by atoms with Crippen LogP contribution in [-0.2, 0) is 6.42 Å². The van der Waals surface area contributed by atoms with E-state index in [0.29, 0.717) is 29.2 Å². The maximum Gasteiger partial charge on any atom is 0.183 e. The molecule has 15 heavy (non-hydrogen) atoms. The maximum absolute atomic E-state index is 5.76. The van der Waals surface area contributed by atoms with Crippen molar-refractivity contribution in [1.82, 2.24) is 19.9 Å². The van der Waals surface area contributed by atoms with Crippen LogP contribution in [0, 0.1) is 0 Å². The third-order valence-corrected chi connectivity index (χ3v) is 2.06. The third kappa shape index (κ3) is 1.96. The van der Waals surface area contributed by atoms with Gasteiger partial charge in [-0.15, -0.1) is 0 Å². The topological polar surface area (TPSA) is 80.5 Å². The van der Waals surface area contributed by atoms with E-state index in [1.54, 1.807) is 6.33 Å². The molecule has 0 aliphatic carbocycles. The van der Waals surface area contributed by atoms with E-state index in [-0.39, 0.29) is 0 Å². The molecule has 0 aliphatic rings. The van der Waals surface area contributed by atoms with Crippen molar-refractivity contribution >= 4 is 17.0 Å². The summed E-state index contributed by atoms with van der Waals surface area (Å²) in [5.74, 6) is 1.16. The predicted molar refractivity (Wildman–Crippen MR) is 59.2 cm³/mol. The van der Waals surface area contributed by atoms with Crippen molar-refractivity contribution in [3.05, 3.63) is 24.3 Å². The number of nitrogens with zero attached hydrogens (tertiary/aromatic N) is 3. The van der Waals surface area contributed by atoms with Crippen LogP contribution in [-0.4, -0.2) is 19.9 Å². The summed E-state index contributed by atoms with van der Waals surface area (Å²) in [6.45, 7) is 2.09. The van der Waals surface area contributed by atoms with Crippen LogP contribution in [0.15, 0.2) is 18.5 Å². The molecule has 0 saturated carbocycles. The second-order valence-corrected chi connectivity index (χ2v) is 3.21. The van der Waals surface area contributed by atoms with Crippen LogP contribution in [0.4, 0.5) is 5.82 Å². The number of aromatic nitrogens is 4. The normalized spacial score (nSPS) is 11.5. The molecule has 2 heterocycles. The van der Waals surface area contributed by atoms with Crippen LogP contribution in [0.5, 0.6) is 0 Å². The summed E-state index contributed by atoms with van der Waals surface area (Å²) in [6, 6.07) is 0. The van der Waals surface area contributed by atoms with E-state index in [4.69, 9.17) is 5.73 Å². The number of H-pyrrole nitrogens is 1. The fourth-order valence-corrected chi connectivity index (χ4v) is 1.35. The highest BCUT2D eigenvalue weighted by molar-refractivity contribution is 5.80. The van der Waals surface area contributed by atoms with E-state index in [0.717, 1.165) is 6.42 Å². The summed E-state index contributed by atoms with van der Waals surface area (Å²) in [6.07, 6.45) is 7.39. The Bertz CT molecular complexity index is 486. The molecule has 0 fully saturated rings. The highest BCUT2D eigenvalue weighted by atomic mass is 15.0. The van der Waals surface area contributed by atoms with E-state index >= 15 is 0 Å². The number of hydrogen-bond acceptors (Lipinski definition) is 4. The largest absolute Gasteiger partial charge is 0.382 e. The molecule has 0 aromatic carbocycles. The first-order valence-corrected chi connectivity index (χ1v) is 4.91. The van der Waals surface area contributed by atoms with Crippen molar-refractivity contribution in [1.29, 1.82) is 0 Å². The minimum atomic E-state index is 0.456. The molecule has 2 aromatic heterocycles. The first-order chi connectivity index (χ1) is 7.31. The Balaban J connectivity index is 2.32. The number of imidazole rings is 1. The van der Waals surface area contributed by atoms with Gasteiger partial charge in [0.2, 0.25) is 0 Å². The number of anilines is 1. The molecule has 2 aromatic rings. The number of nitrogens with two attached hydrogens (primary N) is 1. The van der Waals surface area contributed by atoms with Crippen molar-refractivity contribution in [3.8, 4) is 0 Å². The van der Waals surface area contributed by atoms with Crippen LogP contribution >= 0.6 is 0 Å². The maximum atomic E-state index is 5.76. The third-order valence-electron chi connectivity index (χ3n) is 2.06. The Morgan fingerprint density at radius 1 is 1.40 bits per heavy atom. The lowest BCUT2D eigenvalue weighted by Gasteiger charge is -1.98. The van der Waals surface area contributed by atoms with Crippen LogP contribution in [0.3, 0.4) is 0 Å². The summed E-state index contributed by atoms with van der Waals surface area (Å²) in [4.78, 5) is 15.4. The lowest BCUT2D eigenvalue weighted by molar-refractivity contribution is 1.01. The molecule has 0 radical (unpaired) electrons. The van der Waals surface area contributed by atoms with Crippen molar-refractivity contribution in [2.24, 2.45) is 0 Å². The molecule has 0 unspecified atom stereocenters. The number of fused-ring (bicyclic) bond motifs is 1. The molecule has 0 spiro atoms. The molecule has 0 saturated heterocycles. The molecule has 5 heteroatoms. The van der Waals surface area contributed by atoms with Gasteiger partial charge in [0.25, 0.3) is 0 Å². The average molecular weight is 203 g/mol. The molecular formula is C10H13N5. The van der Waals surface area contributed by atoms with Gasteiger partial charge in [-0.25, -0.2) is 15.0 Å². The van der Waals surface area contributed by atoms with Gasteiger partial charge in [0.15, 0.2) is 11.5 Å². The van der Waals surface area contributed by atoms with Gasteiger partial charge in [-0.1, -0.05) is 19.1 Å². The molecule has 3 N–H and O–H groups in total. The predicted octanol–water partition coefficient (Wildman–Crippen LogP) is 1.44. The molecule has 78 valence electrons. The second-order valence-electron chi connectivity index (χ2n) is 3.21. The summed E-state index contributed by atoms with van der Waals surface area (Å²) in [5, 5.41) is 0. The van der Waals surface area contributed by atoms with Crippen LogP contribution in [0.25, 0.3) is 11.2 Å². The zero-order valence-corrected chi connectivity index (χ0v) is 8.57. The van der Waals surface area contributed by atoms with E-state index < -0.39 is 0 Å². The zero-order valence-electron chi connectivity index (χ0n) is 8.57. The minimum absolute atomic E-state index is 0.456. The summed E-state index contributed by atoms with van der Waals surface area (Å²) >= 11 is 0. The highest BCUT2D eigenvalue weighted by Crippen LogP contribution is 2.12. The number of hydrogen-bond donors (Lipinski definition) is 2. The summed E-state index contributed by atoms with van der Waals surface area (Å²) < 4.78 is 0. The zero-order chi connectivity index (χ0) is 10.7. The molecule has 5 nitrogen and oxygen atoms in total. The molecule has 0 aliphatic heterocycles. The molecule has 0 amide bonds. The standard InChI is InChI=1S/C10H13N5/c1-2-3-4-5-7-14-9(11)8-10(15-7)13-6-12-8/h3-4,6H,2,5H2,1H3,(H3,11,12,13,14,15). The van der Waals surface area contributed by atoms with Gasteiger partial charge in [0.1, 0.15) is 11.3 Å². The summed E-state index contributed by atoms with van der Waals surface area (Å²) in [7, 11) is 0. The van der Waals surface area contributed by atoms with Gasteiger partial charge in [-0.3, -0.25) is 0 Å². The quantitative estimate of drug-likeness (QED) is 0.740. The number of aromatic amines is 1. The lowest BCUT2D eigenvalue weighted by Crippen LogP contribution is -1.99. The Kier molecular flexibility index (Phi) is 2.62. The fourth-order valence-electron chi connectivity index (χ4n) is 1.35. The Morgan fingerprint density at radius 3 is 3.07 bits per heavy atom. The second kappa shape index (κ2) is 4.08. The van der Waals surface area contributed by atoms with Crippen LogP contribution < -0.4 is 5.73 Å². The number of allylic oxidation sites excluding steroid dienone is 2. The monoisotopic (exact) mass is 203 g/mol. The first-order valence-electron chi connectivity index (χ1n) is 4.91. The van der Waals surface area contributed by atoms with Crippen molar-refractivity contribution in [2.45, 2.75) is 19.8 Å². The van der Waals surface area contributed by atoms with Gasteiger partial charge in [-0.2, -0.15) is 0 Å². The van der Waals surface area contributed by atoms with Gasteiger partial charge in [0.05, 0.1) is 6.33 Å². The van der Waals surface area contributed by atoms with Gasteiger partial charge in [-0.05, 0) is 6.42 Å². The average Bonchev–Trinajstić information content (AvgIpc) is 2.66. The van der Waals surface area contributed by atoms with Crippen molar-refractivity contribution in [3.63, 3.8) is 0 Å². The number of rotatable bonds is 3. The molecule has 2 rings (SSSR count). The fraction of sp³-hybridized carbons (Fsp3) is 0.300. The molecular weight excluding hydrogens is 190 g/mol. The SMILES string of the molecule is CCC=CCc1nc(N)c2[nH]cnc2n1. The van der Waals surface area contributed by atoms with E-state index in [1.165, 1.54) is 0 Å². The Morgan fingerprint density at radius 2 is 2.27 bits per heavy atom. The highest BCUT2D eigenvalue weighted by Gasteiger charge is 2.05. The Hall–Kier alpha value is -1.91. The van der Waals surface area contributed by atoms with Crippen LogP contribution in [0.2, 0.25) is 0 Å². The molecule has 0 bridgehead atoms. The number of nitrogens with one attached hydrogen (secondary N) is 1.